The Labute approximate surface area is 78.9 Å². The highest BCUT2D eigenvalue weighted by Gasteiger charge is 2.14. The summed E-state index contributed by atoms with van der Waals surface area (Å²) in [6.45, 7) is 0.136. The molecular formula is C9H19NOS. The van der Waals surface area contributed by atoms with Gasteiger partial charge >= 0.3 is 0 Å². The van der Waals surface area contributed by atoms with Gasteiger partial charge in [0.2, 0.25) is 0 Å². The van der Waals surface area contributed by atoms with Crippen LogP contribution in [0.25, 0.3) is 0 Å². The van der Waals surface area contributed by atoms with Gasteiger partial charge in [0.05, 0.1) is 6.61 Å². The molecule has 0 bridgehead atoms. The van der Waals surface area contributed by atoms with Crippen molar-refractivity contribution in [2.75, 3.05) is 12.4 Å². The predicted octanol–water partition coefficient (Wildman–Crippen LogP) is 1.37. The maximum atomic E-state index is 8.73. The van der Waals surface area contributed by atoms with Crippen molar-refractivity contribution in [1.82, 2.24) is 0 Å². The normalized spacial score (nSPS) is 27.0. The van der Waals surface area contributed by atoms with Gasteiger partial charge in [0.1, 0.15) is 0 Å². The van der Waals surface area contributed by atoms with Crippen molar-refractivity contribution in [3.63, 3.8) is 0 Å². The van der Waals surface area contributed by atoms with Crippen LogP contribution < -0.4 is 5.73 Å². The van der Waals surface area contributed by atoms with E-state index in [-0.39, 0.29) is 12.6 Å². The molecule has 72 valence electrons. The van der Waals surface area contributed by atoms with E-state index in [1.54, 1.807) is 0 Å². The molecule has 1 heterocycles. The van der Waals surface area contributed by atoms with Crippen molar-refractivity contribution >= 4 is 11.8 Å². The van der Waals surface area contributed by atoms with Crippen LogP contribution >= 0.6 is 11.8 Å². The predicted molar refractivity (Wildman–Crippen MR) is 54.4 cm³/mol. The van der Waals surface area contributed by atoms with Gasteiger partial charge in [-0.25, -0.2) is 0 Å². The fourth-order valence-corrected chi connectivity index (χ4v) is 2.87. The third kappa shape index (κ3) is 3.78. The molecule has 0 aromatic carbocycles. The molecule has 3 heteroatoms. The lowest BCUT2D eigenvalue weighted by Crippen LogP contribution is -2.25. The molecule has 0 aliphatic carbocycles. The average Bonchev–Trinajstić information content (AvgIpc) is 2.16. The highest BCUT2D eigenvalue weighted by Crippen LogP contribution is 2.28. The summed E-state index contributed by atoms with van der Waals surface area (Å²) < 4.78 is 0. The molecule has 2 unspecified atom stereocenters. The van der Waals surface area contributed by atoms with Crippen molar-refractivity contribution in [3.8, 4) is 0 Å². The fraction of sp³-hybridized carbons (Fsp3) is 1.00. The van der Waals surface area contributed by atoms with Crippen LogP contribution in [0.1, 0.15) is 32.1 Å². The highest BCUT2D eigenvalue weighted by atomic mass is 32.2. The molecule has 0 amide bonds. The number of thioether (sulfide) groups is 1. The molecule has 0 saturated carbocycles. The Morgan fingerprint density at radius 3 is 2.92 bits per heavy atom. The first-order valence-corrected chi connectivity index (χ1v) is 5.86. The van der Waals surface area contributed by atoms with E-state index >= 15 is 0 Å². The van der Waals surface area contributed by atoms with Crippen LogP contribution in [0.15, 0.2) is 0 Å². The Bertz CT molecular complexity index is 115. The fourth-order valence-electron chi connectivity index (χ4n) is 1.53. The summed E-state index contributed by atoms with van der Waals surface area (Å²) >= 11 is 2.08. The summed E-state index contributed by atoms with van der Waals surface area (Å²) in [5.74, 6) is 1.32. The molecule has 1 aliphatic rings. The summed E-state index contributed by atoms with van der Waals surface area (Å²) in [6.07, 6.45) is 6.28. The van der Waals surface area contributed by atoms with Crippen molar-refractivity contribution in [2.24, 2.45) is 5.73 Å². The third-order valence-electron chi connectivity index (χ3n) is 2.37. The van der Waals surface area contributed by atoms with Crippen LogP contribution in [0, 0.1) is 0 Å². The third-order valence-corrected chi connectivity index (χ3v) is 3.84. The molecule has 1 aliphatic heterocycles. The molecule has 1 fully saturated rings. The van der Waals surface area contributed by atoms with Crippen LogP contribution in [0.2, 0.25) is 0 Å². The zero-order chi connectivity index (χ0) is 8.81. The first-order valence-electron chi connectivity index (χ1n) is 4.81. The minimum Gasteiger partial charge on any atom is -0.395 e. The van der Waals surface area contributed by atoms with Crippen molar-refractivity contribution in [2.45, 2.75) is 43.4 Å². The number of aliphatic hydroxyl groups excluding tert-OH is 1. The maximum Gasteiger partial charge on any atom is 0.0582 e. The quantitative estimate of drug-likeness (QED) is 0.702. The number of hydrogen-bond acceptors (Lipinski definition) is 3. The zero-order valence-electron chi connectivity index (χ0n) is 7.54. The minimum atomic E-state index is 0.00697. The first-order chi connectivity index (χ1) is 5.83. The zero-order valence-corrected chi connectivity index (χ0v) is 8.35. The maximum absolute atomic E-state index is 8.73. The number of hydrogen-bond donors (Lipinski definition) is 2. The summed E-state index contributed by atoms with van der Waals surface area (Å²) in [7, 11) is 0. The molecule has 0 aromatic heterocycles. The largest absolute Gasteiger partial charge is 0.395 e. The molecule has 12 heavy (non-hydrogen) atoms. The number of aliphatic hydroxyl groups is 1. The standard InChI is InChI=1S/C9H19NOS/c10-8(7-11)4-5-9-3-1-2-6-12-9/h8-9,11H,1-7,10H2. The van der Waals surface area contributed by atoms with Gasteiger partial charge in [-0.05, 0) is 31.4 Å². The van der Waals surface area contributed by atoms with Crippen LogP contribution in [0.4, 0.5) is 0 Å². The Kier molecular flexibility index (Phi) is 5.04. The van der Waals surface area contributed by atoms with E-state index in [9.17, 15) is 0 Å². The Morgan fingerprint density at radius 1 is 1.50 bits per heavy atom. The van der Waals surface area contributed by atoms with Crippen molar-refractivity contribution in [1.29, 1.82) is 0 Å². The topological polar surface area (TPSA) is 46.2 Å². The lowest BCUT2D eigenvalue weighted by molar-refractivity contribution is 0.257. The van der Waals surface area contributed by atoms with Gasteiger partial charge in [-0.1, -0.05) is 6.42 Å². The molecule has 1 saturated heterocycles. The molecule has 3 N–H and O–H groups in total. The smallest absolute Gasteiger partial charge is 0.0582 e. The van der Waals surface area contributed by atoms with E-state index in [1.807, 2.05) is 0 Å². The molecule has 0 aromatic rings. The second-order valence-electron chi connectivity index (χ2n) is 3.51. The summed E-state index contributed by atoms with van der Waals surface area (Å²) in [5, 5.41) is 9.55. The molecule has 1 rings (SSSR count). The molecule has 0 spiro atoms. The van der Waals surface area contributed by atoms with Crippen LogP contribution in [-0.2, 0) is 0 Å². The van der Waals surface area contributed by atoms with E-state index in [1.165, 1.54) is 31.4 Å². The van der Waals surface area contributed by atoms with Gasteiger partial charge in [-0.2, -0.15) is 11.8 Å². The van der Waals surface area contributed by atoms with Gasteiger partial charge < -0.3 is 10.8 Å². The number of nitrogens with two attached hydrogens (primary N) is 1. The van der Waals surface area contributed by atoms with E-state index in [0.717, 1.165) is 11.7 Å². The molecular weight excluding hydrogens is 170 g/mol. The van der Waals surface area contributed by atoms with E-state index in [2.05, 4.69) is 11.8 Å². The second-order valence-corrected chi connectivity index (χ2v) is 4.92. The Hall–Kier alpha value is 0.270. The van der Waals surface area contributed by atoms with Gasteiger partial charge in [0, 0.05) is 11.3 Å². The second kappa shape index (κ2) is 5.84. The van der Waals surface area contributed by atoms with Gasteiger partial charge in [0.25, 0.3) is 0 Å². The minimum absolute atomic E-state index is 0.00697. The molecule has 2 atom stereocenters. The van der Waals surface area contributed by atoms with Crippen molar-refractivity contribution in [3.05, 3.63) is 0 Å². The van der Waals surface area contributed by atoms with Crippen LogP contribution in [0.5, 0.6) is 0 Å². The van der Waals surface area contributed by atoms with Crippen molar-refractivity contribution < 1.29 is 5.11 Å². The highest BCUT2D eigenvalue weighted by molar-refractivity contribution is 7.99. The summed E-state index contributed by atoms with van der Waals surface area (Å²) in [6, 6.07) is 0.00697. The Morgan fingerprint density at radius 2 is 2.33 bits per heavy atom. The lowest BCUT2D eigenvalue weighted by atomic mass is 10.1. The van der Waals surface area contributed by atoms with Gasteiger partial charge in [-0.3, -0.25) is 0 Å². The lowest BCUT2D eigenvalue weighted by Gasteiger charge is -2.21. The average molecular weight is 189 g/mol. The molecule has 2 nitrogen and oxygen atoms in total. The van der Waals surface area contributed by atoms with E-state index < -0.39 is 0 Å². The Balaban J connectivity index is 2.05. The SMILES string of the molecule is NC(CO)CCC1CCCCS1. The first kappa shape index (κ1) is 10.4. The summed E-state index contributed by atoms with van der Waals surface area (Å²) in [5.41, 5.74) is 5.63. The summed E-state index contributed by atoms with van der Waals surface area (Å²) in [4.78, 5) is 0. The van der Waals surface area contributed by atoms with Crippen LogP contribution in [-0.4, -0.2) is 28.8 Å². The van der Waals surface area contributed by atoms with E-state index in [0.29, 0.717) is 0 Å². The van der Waals surface area contributed by atoms with Gasteiger partial charge in [0.15, 0.2) is 0 Å². The molecule has 0 radical (unpaired) electrons. The van der Waals surface area contributed by atoms with E-state index in [4.69, 9.17) is 10.8 Å². The number of rotatable bonds is 4. The van der Waals surface area contributed by atoms with Crippen LogP contribution in [0.3, 0.4) is 0 Å². The van der Waals surface area contributed by atoms with Gasteiger partial charge in [-0.15, -0.1) is 0 Å². The monoisotopic (exact) mass is 189 g/mol.